The fourth-order valence-electron chi connectivity index (χ4n) is 4.29. The average Bonchev–Trinajstić information content (AvgIpc) is 0.785. The molecule has 95 heavy (non-hydrogen) atoms. The van der Waals surface area contributed by atoms with Gasteiger partial charge >= 0.3 is 155 Å². The summed E-state index contributed by atoms with van der Waals surface area (Å²) in [6.45, 7) is -1.61. The van der Waals surface area contributed by atoms with Crippen LogP contribution in [-0.2, 0) is 18.1 Å². The molecule has 7 unspecified atom stereocenters. The topological polar surface area (TPSA) is 244 Å². The molecule has 0 saturated carbocycles. The van der Waals surface area contributed by atoms with Crippen LogP contribution in [0.1, 0.15) is 6.92 Å². The fourth-order valence-corrected chi connectivity index (χ4v) is 35.9. The first-order valence-electron chi connectivity index (χ1n) is 20.7. The zero-order chi connectivity index (χ0) is 75.9. The van der Waals surface area contributed by atoms with Gasteiger partial charge in [0.2, 0.25) is 0 Å². The monoisotopic (exact) mass is 1800 g/mol. The molecule has 4 heterocycles. The van der Waals surface area contributed by atoms with Gasteiger partial charge in [0.05, 0.1) is 6.61 Å². The van der Waals surface area contributed by atoms with Crippen LogP contribution in [0.4, 0.5) is 171 Å². The molecule has 0 aromatic carbocycles. The van der Waals surface area contributed by atoms with E-state index in [1.165, 1.54) is 29.5 Å². The van der Waals surface area contributed by atoms with Gasteiger partial charge in [0, 0.05) is 0 Å². The standard InChI is InChI=1S/C5H7F12N5OP4.C4H8F9N5OP4.C4H11F6N5OP4.C3HF13N4OP4/c1-22(2)26(16)19-24(12,13)18-25(14,15)20-27(17,21-26)23-3(4(6,7)8)5(9,10)11;1-18(2)22(12)15-20(8,9)14-21(10,11)16-23(13,17-22)19-3-4(5,6)7;1-4-16-20(10)13-18(7,8)11-17(5,6)12-19(9,14-20)15(2)3;4-2(5,6)1(3(7,8)9)21-25(16)19-23(12,13)17-22(10,11)18-24(14,15)20-25/h3H,1-2H3;3H2,1-2H3;4H2,1-3H3;1H. The van der Waals surface area contributed by atoms with Crippen LogP contribution in [0, 0.1) is 0 Å². The number of rotatable bonds is 11. The van der Waals surface area contributed by atoms with Crippen LogP contribution < -0.4 is 0 Å². The Morgan fingerprint density at radius 2 is 0.453 bits per heavy atom. The van der Waals surface area contributed by atoms with Crippen molar-refractivity contribution in [2.75, 3.05) is 55.5 Å². The molecule has 0 aliphatic carbocycles. The highest BCUT2D eigenvalue weighted by Gasteiger charge is 2.63. The number of halogens is 40. The summed E-state index contributed by atoms with van der Waals surface area (Å²) in [6, 6.07) is 0. The van der Waals surface area contributed by atoms with Crippen molar-refractivity contribution in [1.82, 2.24) is 14.0 Å². The van der Waals surface area contributed by atoms with E-state index >= 15 is 0 Å². The Hall–Kier alpha value is 0.600. The summed E-state index contributed by atoms with van der Waals surface area (Å²) in [5.74, 6) is 0. The van der Waals surface area contributed by atoms with E-state index in [0.717, 1.165) is 28.2 Å². The molecule has 23 nitrogen and oxygen atoms in total. The lowest BCUT2D eigenvalue weighted by Crippen LogP contribution is -2.43. The van der Waals surface area contributed by atoms with Gasteiger partial charge in [0.25, 0.3) is 12.2 Å². The Kier molecular flexibility index (Phi) is 30.5. The first kappa shape index (κ1) is 93.6. The Morgan fingerprint density at radius 1 is 0.263 bits per heavy atom. The van der Waals surface area contributed by atoms with Crippen molar-refractivity contribution < 1.29 is 189 Å². The van der Waals surface area contributed by atoms with Gasteiger partial charge < -0.3 is 4.52 Å². The first-order valence-corrected chi connectivity index (χ1v) is 44.7. The third-order valence-electron chi connectivity index (χ3n) is 7.38. The molecular weight excluding hydrogens is 1780 g/mol. The van der Waals surface area contributed by atoms with Crippen molar-refractivity contribution >= 4 is 124 Å². The summed E-state index contributed by atoms with van der Waals surface area (Å²) in [5, 5.41) is 0. The summed E-state index contributed by atoms with van der Waals surface area (Å²) < 4.78 is 565. The predicted molar refractivity (Wildman–Crippen MR) is 276 cm³/mol. The van der Waals surface area contributed by atoms with Crippen LogP contribution in [0.3, 0.4) is 0 Å². The predicted octanol–water partition coefficient (Wildman–Crippen LogP) is 32.7. The minimum Gasteiger partial charge on any atom is -0.303 e. The Bertz CT molecular complexity index is 3780. The molecule has 570 valence electrons. The Labute approximate surface area is 504 Å². The molecule has 0 aromatic rings. The summed E-state index contributed by atoms with van der Waals surface area (Å²) in [7, 11) is -95.2. The highest BCUT2D eigenvalue weighted by Crippen LogP contribution is 2.87. The van der Waals surface area contributed by atoms with E-state index in [2.05, 4.69) is 45.2 Å². The maximum Gasteiger partial charge on any atom is 0.425 e. The minimum atomic E-state index is -7.08. The smallest absolute Gasteiger partial charge is 0.303 e. The third kappa shape index (κ3) is 31.8. The molecule has 0 amide bonds. The number of hydrogen-bond donors (Lipinski definition) is 0. The molecule has 0 radical (unpaired) electrons. The average molecular weight is 1810 g/mol. The second-order valence-electron chi connectivity index (χ2n) is 15.9. The molecule has 4 aliphatic rings. The normalized spacial score (nSPS) is 32.1. The summed E-state index contributed by atoms with van der Waals surface area (Å²) in [6.07, 6.45) is -41.1. The van der Waals surface area contributed by atoms with Gasteiger partial charge in [-0.2, -0.15) is 95.2 Å². The van der Waals surface area contributed by atoms with Crippen molar-refractivity contribution in [1.29, 1.82) is 0 Å². The molecule has 0 fully saturated rings. The van der Waals surface area contributed by atoms with Crippen molar-refractivity contribution in [3.63, 3.8) is 0 Å². The van der Waals surface area contributed by atoms with E-state index in [1.54, 1.807) is 9.03 Å². The van der Waals surface area contributed by atoms with E-state index in [9.17, 15) is 171 Å². The molecule has 0 saturated heterocycles. The summed E-state index contributed by atoms with van der Waals surface area (Å²) >= 11 is 0. The highest BCUT2D eigenvalue weighted by atomic mass is 31.3. The maximum absolute atomic E-state index is 14.5. The van der Waals surface area contributed by atoms with Crippen LogP contribution in [-0.4, -0.2) is 113 Å². The van der Waals surface area contributed by atoms with Crippen LogP contribution in [0.25, 0.3) is 0 Å². The molecule has 0 aromatic heterocycles. The first-order chi connectivity index (χ1) is 41.1. The van der Waals surface area contributed by atoms with Crippen molar-refractivity contribution in [2.45, 2.75) is 50.0 Å². The van der Waals surface area contributed by atoms with Gasteiger partial charge in [-0.05, 0) is 49.2 Å². The maximum atomic E-state index is 14.5. The molecule has 4 aliphatic heterocycles. The van der Waals surface area contributed by atoms with Crippen molar-refractivity contribution in [2.24, 2.45) is 72.2 Å². The second kappa shape index (κ2) is 31.0. The van der Waals surface area contributed by atoms with Crippen LogP contribution in [0.15, 0.2) is 72.2 Å². The Morgan fingerprint density at radius 3 is 0.674 bits per heavy atom. The van der Waals surface area contributed by atoms with Crippen molar-refractivity contribution in [3.8, 4) is 0 Å². The zero-order valence-electron chi connectivity index (χ0n) is 44.5. The minimum absolute atomic E-state index is 0.0261. The highest BCUT2D eigenvalue weighted by molar-refractivity contribution is 7.81. The van der Waals surface area contributed by atoms with Gasteiger partial charge in [0.1, 0.15) is 0 Å². The van der Waals surface area contributed by atoms with Gasteiger partial charge in [-0.3, -0.25) is 13.6 Å². The quantitative estimate of drug-likeness (QED) is 0.143. The van der Waals surface area contributed by atoms with E-state index in [-0.39, 0.29) is 9.34 Å². The van der Waals surface area contributed by atoms with E-state index in [4.69, 9.17) is 0 Å². The summed E-state index contributed by atoms with van der Waals surface area (Å²) in [4.78, 5) is 0. The van der Waals surface area contributed by atoms with Crippen LogP contribution in [0.2, 0.25) is 0 Å². The lowest BCUT2D eigenvalue weighted by atomic mass is 10.3. The number of alkyl halides is 15. The van der Waals surface area contributed by atoms with E-state index in [0.29, 0.717) is 18.8 Å². The zero-order valence-corrected chi connectivity index (χ0v) is 58.8. The van der Waals surface area contributed by atoms with E-state index in [1.807, 2.05) is 13.5 Å². The molecule has 0 spiro atoms. The lowest BCUT2D eigenvalue weighted by molar-refractivity contribution is -0.300. The largest absolute Gasteiger partial charge is 0.425 e. The third-order valence-corrected chi connectivity index (χ3v) is 40.5. The molecule has 79 heteroatoms. The SMILES string of the molecule is CCOP1(F)=NP(F)(F)=NP(F)(F)=NP(F)(N(C)C)=N1.CN(C)P1(F)=NP(F)(OC(C(F)(F)F)C(F)(F)F)=NP(F)(F)=NP(F)(F)=N1.CN(C)P1(F)=NP(F)(OCC(F)(F)F)=NP(F)(F)=NP(F)(F)=N1.FC(F)(F)C(OP1(F)=NP(F)(F)=NP(F)(F)=NP(F)(F)=N1)C(F)(F)F. The van der Waals surface area contributed by atoms with Crippen molar-refractivity contribution in [3.05, 3.63) is 0 Å². The molecule has 4 rings (SSSR count). The summed E-state index contributed by atoms with van der Waals surface area (Å²) in [5.41, 5.74) is 0. The molecular formula is C16H27F40N19O4P16. The molecule has 0 N–H and O–H groups in total. The van der Waals surface area contributed by atoms with Gasteiger partial charge in [0.15, 0.2) is 6.61 Å². The molecule has 0 bridgehead atoms. The van der Waals surface area contributed by atoms with Crippen LogP contribution >= 0.6 is 124 Å². The molecule has 7 atom stereocenters. The van der Waals surface area contributed by atoms with E-state index < -0.39 is 181 Å². The van der Waals surface area contributed by atoms with Gasteiger partial charge in [-0.25, -0.2) is 14.0 Å². The Balaban J connectivity index is 0.000000637. The lowest BCUT2D eigenvalue weighted by Gasteiger charge is -2.27. The van der Waals surface area contributed by atoms with Gasteiger partial charge in [-0.15, -0.1) is 148 Å². The number of nitrogens with zero attached hydrogens (tertiary/aromatic N) is 19. The van der Waals surface area contributed by atoms with Gasteiger partial charge in [-0.1, -0.05) is 0 Å². The fraction of sp³-hybridized carbons (Fsp3) is 1.00. The van der Waals surface area contributed by atoms with Crippen LogP contribution in [0.5, 0.6) is 0 Å². The number of hydrogen-bond acceptors (Lipinski definition) is 23. The second-order valence-corrected chi connectivity index (χ2v) is 45.6.